The van der Waals surface area contributed by atoms with Crippen molar-refractivity contribution in [2.24, 2.45) is 4.99 Å². The number of ether oxygens (including phenoxy) is 2. The number of aliphatic imine (C=N–C) groups is 1. The Balaban J connectivity index is 0.00000341. The Hall–Kier alpha value is -2.43. The molecule has 1 aromatic carbocycles. The topological polar surface area (TPSA) is 79.5 Å². The Kier molecular flexibility index (Phi) is 9.96. The van der Waals surface area contributed by atoms with Gasteiger partial charge in [-0.3, -0.25) is 9.79 Å². The number of nitrogens with one attached hydrogen (secondary N) is 1. The zero-order valence-electron chi connectivity index (χ0n) is 18.3. The minimum absolute atomic E-state index is 0. The first-order valence-corrected chi connectivity index (χ1v) is 10.2. The maximum atomic E-state index is 12.4. The largest absolute Gasteiger partial charge is 0.493 e. The zero-order chi connectivity index (χ0) is 21.3. The molecule has 0 radical (unpaired) electrons. The first kappa shape index (κ1) is 24.8. The van der Waals surface area contributed by atoms with E-state index in [1.54, 1.807) is 26.4 Å². The number of hydrogen-bond acceptors (Lipinski definition) is 5. The van der Waals surface area contributed by atoms with E-state index in [2.05, 4.69) is 17.1 Å². The molecule has 1 saturated heterocycles. The van der Waals surface area contributed by atoms with Crippen molar-refractivity contribution >= 4 is 35.8 Å². The quantitative estimate of drug-likeness (QED) is 0.330. The van der Waals surface area contributed by atoms with Crippen molar-refractivity contribution in [1.82, 2.24) is 15.1 Å². The molecule has 170 valence electrons. The number of rotatable bonds is 7. The highest BCUT2D eigenvalue weighted by molar-refractivity contribution is 14.0. The molecule has 1 aliphatic rings. The van der Waals surface area contributed by atoms with E-state index in [0.717, 1.165) is 49.1 Å². The van der Waals surface area contributed by atoms with Crippen molar-refractivity contribution < 1.29 is 18.7 Å². The molecule has 0 atom stereocenters. The van der Waals surface area contributed by atoms with Crippen LogP contribution < -0.4 is 14.8 Å². The molecular weight excluding hydrogens is 511 g/mol. The van der Waals surface area contributed by atoms with Crippen molar-refractivity contribution in [2.75, 3.05) is 53.5 Å². The second-order valence-corrected chi connectivity index (χ2v) is 6.93. The summed E-state index contributed by atoms with van der Waals surface area (Å²) < 4.78 is 15.9. The molecule has 3 rings (SSSR count). The summed E-state index contributed by atoms with van der Waals surface area (Å²) in [5.41, 5.74) is 1.14. The van der Waals surface area contributed by atoms with Gasteiger partial charge in [0.1, 0.15) is 0 Å². The van der Waals surface area contributed by atoms with Gasteiger partial charge in [-0.05, 0) is 43.2 Å². The van der Waals surface area contributed by atoms with E-state index in [-0.39, 0.29) is 29.9 Å². The Morgan fingerprint density at radius 2 is 1.81 bits per heavy atom. The molecule has 1 fully saturated rings. The summed E-state index contributed by atoms with van der Waals surface area (Å²) >= 11 is 0. The van der Waals surface area contributed by atoms with Crippen LogP contribution in [0.4, 0.5) is 0 Å². The van der Waals surface area contributed by atoms with Crippen LogP contribution in [0.15, 0.2) is 46.0 Å². The van der Waals surface area contributed by atoms with Crippen molar-refractivity contribution in [2.45, 2.75) is 13.3 Å². The predicted octanol–water partition coefficient (Wildman–Crippen LogP) is 2.88. The molecule has 1 aliphatic heterocycles. The van der Waals surface area contributed by atoms with E-state index in [1.165, 1.54) is 6.26 Å². The molecule has 31 heavy (non-hydrogen) atoms. The third-order valence-electron chi connectivity index (χ3n) is 5.04. The maximum absolute atomic E-state index is 12.4. The number of amides is 1. The van der Waals surface area contributed by atoms with Gasteiger partial charge in [-0.15, -0.1) is 24.0 Å². The van der Waals surface area contributed by atoms with Gasteiger partial charge in [-0.1, -0.05) is 6.07 Å². The number of benzene rings is 1. The lowest BCUT2D eigenvalue weighted by atomic mass is 10.1. The van der Waals surface area contributed by atoms with Gasteiger partial charge in [-0.25, -0.2) is 0 Å². The number of furan rings is 1. The monoisotopic (exact) mass is 542 g/mol. The van der Waals surface area contributed by atoms with E-state index >= 15 is 0 Å². The number of halogens is 1. The second kappa shape index (κ2) is 12.4. The lowest BCUT2D eigenvalue weighted by Crippen LogP contribution is -2.53. The van der Waals surface area contributed by atoms with Gasteiger partial charge in [0.25, 0.3) is 5.91 Å². The molecule has 9 heteroatoms. The number of methoxy groups -OCH3 is 2. The van der Waals surface area contributed by atoms with Gasteiger partial charge in [0, 0.05) is 39.3 Å². The van der Waals surface area contributed by atoms with E-state index in [4.69, 9.17) is 18.9 Å². The van der Waals surface area contributed by atoms with Crippen LogP contribution in [0.25, 0.3) is 0 Å². The van der Waals surface area contributed by atoms with Gasteiger partial charge in [0.2, 0.25) is 0 Å². The average Bonchev–Trinajstić information content (AvgIpc) is 3.33. The fourth-order valence-corrected chi connectivity index (χ4v) is 3.43. The molecule has 0 unspecified atom stereocenters. The summed E-state index contributed by atoms with van der Waals surface area (Å²) in [6, 6.07) is 9.37. The molecule has 2 heterocycles. The van der Waals surface area contributed by atoms with Crippen LogP contribution in [0.1, 0.15) is 23.0 Å². The third-order valence-corrected chi connectivity index (χ3v) is 5.04. The normalized spacial score (nSPS) is 14.1. The van der Waals surface area contributed by atoms with E-state index < -0.39 is 0 Å². The summed E-state index contributed by atoms with van der Waals surface area (Å²) in [6.45, 7) is 6.24. The summed E-state index contributed by atoms with van der Waals surface area (Å²) in [7, 11) is 3.27. The second-order valence-electron chi connectivity index (χ2n) is 6.93. The number of piperazine rings is 1. The van der Waals surface area contributed by atoms with E-state index in [1.807, 2.05) is 23.1 Å². The van der Waals surface area contributed by atoms with Crippen LogP contribution in [0.2, 0.25) is 0 Å². The average molecular weight is 542 g/mol. The van der Waals surface area contributed by atoms with Crippen LogP contribution in [-0.2, 0) is 6.42 Å². The molecular formula is C22H31IN4O4. The molecule has 1 amide bonds. The minimum Gasteiger partial charge on any atom is -0.493 e. The Bertz CT molecular complexity index is 849. The SMILES string of the molecule is CCNC(=NCCc1ccc(OC)c(OC)c1)N1CCN(C(=O)c2ccco2)CC1.I. The number of nitrogens with zero attached hydrogens (tertiary/aromatic N) is 3. The van der Waals surface area contributed by atoms with Crippen LogP contribution in [0, 0.1) is 0 Å². The zero-order valence-corrected chi connectivity index (χ0v) is 20.6. The van der Waals surface area contributed by atoms with Crippen LogP contribution in [0.3, 0.4) is 0 Å². The van der Waals surface area contributed by atoms with Crippen LogP contribution in [-0.4, -0.2) is 75.2 Å². The van der Waals surface area contributed by atoms with Crippen molar-refractivity contribution in [3.05, 3.63) is 47.9 Å². The van der Waals surface area contributed by atoms with Gasteiger partial charge < -0.3 is 29.0 Å². The number of hydrogen-bond donors (Lipinski definition) is 1. The Labute approximate surface area is 200 Å². The van der Waals surface area contributed by atoms with Crippen LogP contribution in [0.5, 0.6) is 11.5 Å². The lowest BCUT2D eigenvalue weighted by Gasteiger charge is -2.36. The summed E-state index contributed by atoms with van der Waals surface area (Å²) in [4.78, 5) is 21.2. The molecule has 1 N–H and O–H groups in total. The highest BCUT2D eigenvalue weighted by Crippen LogP contribution is 2.27. The smallest absolute Gasteiger partial charge is 0.289 e. The molecule has 0 aliphatic carbocycles. The van der Waals surface area contributed by atoms with Gasteiger partial charge in [0.15, 0.2) is 23.2 Å². The maximum Gasteiger partial charge on any atom is 0.289 e. The van der Waals surface area contributed by atoms with E-state index in [9.17, 15) is 4.79 Å². The first-order valence-electron chi connectivity index (χ1n) is 10.2. The molecule has 0 bridgehead atoms. The molecule has 8 nitrogen and oxygen atoms in total. The number of carbonyl (C=O) groups is 1. The molecule has 0 spiro atoms. The number of guanidine groups is 1. The Morgan fingerprint density at radius 3 is 2.42 bits per heavy atom. The molecule has 0 saturated carbocycles. The van der Waals surface area contributed by atoms with Gasteiger partial charge in [-0.2, -0.15) is 0 Å². The Morgan fingerprint density at radius 1 is 1.10 bits per heavy atom. The standard InChI is InChI=1S/C22H30N4O4.HI/c1-4-23-22(24-10-9-17-7-8-18(28-2)20(16-17)29-3)26-13-11-25(12-14-26)21(27)19-6-5-15-30-19;/h5-8,15-16H,4,9-14H2,1-3H3,(H,23,24);1H. The fourth-order valence-electron chi connectivity index (χ4n) is 3.43. The third kappa shape index (κ3) is 6.52. The van der Waals surface area contributed by atoms with Gasteiger partial charge in [0.05, 0.1) is 20.5 Å². The van der Waals surface area contributed by atoms with Crippen molar-refractivity contribution in [3.8, 4) is 11.5 Å². The summed E-state index contributed by atoms with van der Waals surface area (Å²) in [5.74, 6) is 2.65. The first-order chi connectivity index (χ1) is 14.7. The fraction of sp³-hybridized carbons (Fsp3) is 0.455. The number of carbonyl (C=O) groups excluding carboxylic acids is 1. The minimum atomic E-state index is -0.0601. The highest BCUT2D eigenvalue weighted by atomic mass is 127. The van der Waals surface area contributed by atoms with Crippen molar-refractivity contribution in [1.29, 1.82) is 0 Å². The molecule has 1 aromatic heterocycles. The molecule has 2 aromatic rings. The highest BCUT2D eigenvalue weighted by Gasteiger charge is 2.25. The van der Waals surface area contributed by atoms with Crippen LogP contribution >= 0.6 is 24.0 Å². The lowest BCUT2D eigenvalue weighted by molar-refractivity contribution is 0.0657. The summed E-state index contributed by atoms with van der Waals surface area (Å²) in [5, 5.41) is 3.36. The predicted molar refractivity (Wildman–Crippen MR) is 131 cm³/mol. The van der Waals surface area contributed by atoms with Gasteiger partial charge >= 0.3 is 0 Å². The summed E-state index contributed by atoms with van der Waals surface area (Å²) in [6.07, 6.45) is 2.32. The van der Waals surface area contributed by atoms with E-state index in [0.29, 0.717) is 25.4 Å². The van der Waals surface area contributed by atoms with Crippen molar-refractivity contribution in [3.63, 3.8) is 0 Å².